The zero-order chi connectivity index (χ0) is 33.4. The minimum Gasteiger partial charge on any atom is -0.497 e. The molecule has 5 rings (SSSR count). The summed E-state index contributed by atoms with van der Waals surface area (Å²) in [6, 6.07) is 28.8. The number of carbonyl (C=O) groups excluding carboxylic acids is 2. The van der Waals surface area contributed by atoms with Crippen molar-refractivity contribution < 1.29 is 22.7 Å². The summed E-state index contributed by atoms with van der Waals surface area (Å²) >= 11 is 6.32. The Balaban J connectivity index is 1.56. The third-order valence-corrected chi connectivity index (χ3v) is 10.5. The number of ether oxygens (including phenoxy) is 1. The van der Waals surface area contributed by atoms with Crippen LogP contribution >= 0.6 is 11.6 Å². The molecule has 2 amide bonds. The van der Waals surface area contributed by atoms with Crippen LogP contribution in [0.5, 0.6) is 5.75 Å². The van der Waals surface area contributed by atoms with E-state index in [0.29, 0.717) is 10.8 Å². The Morgan fingerprint density at radius 3 is 2.23 bits per heavy atom. The summed E-state index contributed by atoms with van der Waals surface area (Å²) < 4.78 is 34.7. The molecule has 1 aliphatic carbocycles. The van der Waals surface area contributed by atoms with Crippen molar-refractivity contribution in [2.45, 2.75) is 62.6 Å². The van der Waals surface area contributed by atoms with Gasteiger partial charge in [-0.2, -0.15) is 0 Å². The lowest BCUT2D eigenvalue weighted by molar-refractivity contribution is -0.140. The van der Waals surface area contributed by atoms with Gasteiger partial charge in [0.25, 0.3) is 10.0 Å². The van der Waals surface area contributed by atoms with E-state index in [-0.39, 0.29) is 35.5 Å². The van der Waals surface area contributed by atoms with Gasteiger partial charge >= 0.3 is 0 Å². The number of sulfonamides is 1. The molecule has 0 aromatic heterocycles. The standard InChI is InChI=1S/C37H40ClN3O5S/c1-27-10-8-13-29(22-27)25-40(35(23-28-11-4-3-5-12-28)37(43)39-31-15-6-7-16-31)36(42)26-41(32-17-9-14-30(38)24-32)47(44,45)34-20-18-33(46-2)19-21-34/h3-5,8-14,17-22,24,31,35H,6-7,15-16,23,25-26H2,1-2H3,(H,39,43)/t35-/m0/s1. The van der Waals surface area contributed by atoms with Crippen LogP contribution in [0.15, 0.2) is 108 Å². The van der Waals surface area contributed by atoms with E-state index in [0.717, 1.165) is 46.7 Å². The number of hydrogen-bond donors (Lipinski definition) is 1. The lowest BCUT2D eigenvalue weighted by Gasteiger charge is -2.34. The van der Waals surface area contributed by atoms with Gasteiger partial charge < -0.3 is 15.0 Å². The van der Waals surface area contributed by atoms with Crippen molar-refractivity contribution in [2.75, 3.05) is 18.0 Å². The molecule has 0 heterocycles. The molecule has 0 saturated heterocycles. The fourth-order valence-electron chi connectivity index (χ4n) is 5.96. The average molecular weight is 674 g/mol. The smallest absolute Gasteiger partial charge is 0.264 e. The normalized spacial score (nSPS) is 13.9. The minimum atomic E-state index is -4.26. The second-order valence-electron chi connectivity index (χ2n) is 11.9. The van der Waals surface area contributed by atoms with Crippen molar-refractivity contribution in [3.8, 4) is 5.75 Å². The number of aryl methyl sites for hydroxylation is 1. The number of halogens is 1. The molecule has 1 saturated carbocycles. The molecule has 0 spiro atoms. The van der Waals surface area contributed by atoms with E-state index in [2.05, 4.69) is 5.32 Å². The van der Waals surface area contributed by atoms with Crippen molar-refractivity contribution in [1.29, 1.82) is 0 Å². The number of amides is 2. The highest BCUT2D eigenvalue weighted by Crippen LogP contribution is 2.28. The molecule has 47 heavy (non-hydrogen) atoms. The topological polar surface area (TPSA) is 96.0 Å². The third-order valence-electron chi connectivity index (χ3n) is 8.43. The van der Waals surface area contributed by atoms with E-state index in [1.54, 1.807) is 30.3 Å². The highest BCUT2D eigenvalue weighted by Gasteiger charge is 2.35. The van der Waals surface area contributed by atoms with Crippen LogP contribution in [0, 0.1) is 6.92 Å². The Morgan fingerprint density at radius 2 is 1.57 bits per heavy atom. The number of hydrogen-bond acceptors (Lipinski definition) is 5. The summed E-state index contributed by atoms with van der Waals surface area (Å²) in [6.07, 6.45) is 4.12. The van der Waals surface area contributed by atoms with Crippen molar-refractivity contribution in [3.05, 3.63) is 125 Å². The predicted octanol–water partition coefficient (Wildman–Crippen LogP) is 6.55. The van der Waals surface area contributed by atoms with Crippen LogP contribution in [0.1, 0.15) is 42.4 Å². The summed E-state index contributed by atoms with van der Waals surface area (Å²) in [5.74, 6) is -0.282. The van der Waals surface area contributed by atoms with Crippen molar-refractivity contribution in [1.82, 2.24) is 10.2 Å². The van der Waals surface area contributed by atoms with Gasteiger partial charge in [-0.1, -0.05) is 90.7 Å². The van der Waals surface area contributed by atoms with Gasteiger partial charge in [0.1, 0.15) is 18.3 Å². The monoisotopic (exact) mass is 673 g/mol. The molecule has 1 atom stereocenters. The lowest BCUT2D eigenvalue weighted by Crippen LogP contribution is -2.54. The van der Waals surface area contributed by atoms with Crippen LogP contribution in [0.25, 0.3) is 0 Å². The average Bonchev–Trinajstić information content (AvgIpc) is 3.58. The van der Waals surface area contributed by atoms with Crippen molar-refractivity contribution in [2.24, 2.45) is 0 Å². The quantitative estimate of drug-likeness (QED) is 0.174. The number of anilines is 1. The molecule has 0 unspecified atom stereocenters. The van der Waals surface area contributed by atoms with Gasteiger partial charge in [-0.15, -0.1) is 0 Å². The number of methoxy groups -OCH3 is 1. The fourth-order valence-corrected chi connectivity index (χ4v) is 7.55. The van der Waals surface area contributed by atoms with Gasteiger partial charge in [0.2, 0.25) is 11.8 Å². The van der Waals surface area contributed by atoms with Gasteiger partial charge in [-0.3, -0.25) is 13.9 Å². The van der Waals surface area contributed by atoms with E-state index in [9.17, 15) is 18.0 Å². The molecule has 1 fully saturated rings. The van der Waals surface area contributed by atoms with Crippen LogP contribution in [0.2, 0.25) is 5.02 Å². The first kappa shape index (κ1) is 34.0. The van der Waals surface area contributed by atoms with Gasteiger partial charge in [0.05, 0.1) is 17.7 Å². The van der Waals surface area contributed by atoms with E-state index in [1.807, 2.05) is 61.5 Å². The molecule has 4 aromatic rings. The van der Waals surface area contributed by atoms with E-state index >= 15 is 0 Å². The van der Waals surface area contributed by atoms with E-state index in [4.69, 9.17) is 16.3 Å². The van der Waals surface area contributed by atoms with E-state index < -0.39 is 28.5 Å². The Hall–Kier alpha value is -4.34. The summed E-state index contributed by atoms with van der Waals surface area (Å²) in [6.45, 7) is 1.52. The molecule has 1 N–H and O–H groups in total. The maximum absolute atomic E-state index is 14.6. The fraction of sp³-hybridized carbons (Fsp3) is 0.297. The number of rotatable bonds is 13. The zero-order valence-electron chi connectivity index (χ0n) is 26.6. The molecule has 246 valence electrons. The molecule has 10 heteroatoms. The number of carbonyl (C=O) groups is 2. The maximum atomic E-state index is 14.6. The van der Waals surface area contributed by atoms with Crippen LogP contribution in [0.3, 0.4) is 0 Å². The molecule has 8 nitrogen and oxygen atoms in total. The Morgan fingerprint density at radius 1 is 0.894 bits per heavy atom. The van der Waals surface area contributed by atoms with Crippen LogP contribution in [0.4, 0.5) is 5.69 Å². The number of nitrogens with zero attached hydrogens (tertiary/aromatic N) is 2. The predicted molar refractivity (Wildman–Crippen MR) is 185 cm³/mol. The zero-order valence-corrected chi connectivity index (χ0v) is 28.2. The van der Waals surface area contributed by atoms with Gasteiger partial charge in [-0.05, 0) is 73.4 Å². The summed E-state index contributed by atoms with van der Waals surface area (Å²) in [5, 5.41) is 3.52. The Bertz CT molecular complexity index is 1780. The first-order valence-electron chi connectivity index (χ1n) is 15.8. The molecule has 0 bridgehead atoms. The number of benzene rings is 4. The molecule has 0 aliphatic heterocycles. The SMILES string of the molecule is COc1ccc(S(=O)(=O)N(CC(=O)N(Cc2cccc(C)c2)[C@@H](Cc2ccccc2)C(=O)NC2CCCC2)c2cccc(Cl)c2)cc1. The molecule has 4 aromatic carbocycles. The minimum absolute atomic E-state index is 0.0175. The maximum Gasteiger partial charge on any atom is 0.264 e. The molecule has 0 radical (unpaired) electrons. The highest BCUT2D eigenvalue weighted by atomic mass is 35.5. The second-order valence-corrected chi connectivity index (χ2v) is 14.2. The van der Waals surface area contributed by atoms with Gasteiger partial charge in [0.15, 0.2) is 0 Å². The van der Waals surface area contributed by atoms with Crippen LogP contribution in [-0.2, 0) is 32.6 Å². The molecular weight excluding hydrogens is 634 g/mol. The van der Waals surface area contributed by atoms with Gasteiger partial charge in [-0.25, -0.2) is 8.42 Å². The van der Waals surface area contributed by atoms with Crippen molar-refractivity contribution >= 4 is 39.1 Å². The Kier molecular flexibility index (Phi) is 11.2. The molecular formula is C37H40ClN3O5S. The third kappa shape index (κ3) is 8.73. The summed E-state index contributed by atoms with van der Waals surface area (Å²) in [5.41, 5.74) is 2.95. The van der Waals surface area contributed by atoms with Crippen molar-refractivity contribution in [3.63, 3.8) is 0 Å². The molecule has 1 aliphatic rings. The number of nitrogens with one attached hydrogen (secondary N) is 1. The first-order chi connectivity index (χ1) is 22.6. The van der Waals surface area contributed by atoms with Crippen LogP contribution in [-0.4, -0.2) is 50.9 Å². The summed E-state index contributed by atoms with van der Waals surface area (Å²) in [4.78, 5) is 30.3. The van der Waals surface area contributed by atoms with Gasteiger partial charge in [0, 0.05) is 24.0 Å². The first-order valence-corrected chi connectivity index (χ1v) is 17.6. The Labute approximate surface area is 282 Å². The second kappa shape index (κ2) is 15.5. The van der Waals surface area contributed by atoms with Crippen LogP contribution < -0.4 is 14.4 Å². The largest absolute Gasteiger partial charge is 0.497 e. The highest BCUT2D eigenvalue weighted by molar-refractivity contribution is 7.92. The summed E-state index contributed by atoms with van der Waals surface area (Å²) in [7, 11) is -2.76. The van der Waals surface area contributed by atoms with E-state index in [1.165, 1.54) is 30.2 Å². The lowest BCUT2D eigenvalue weighted by atomic mass is 10.0.